The molecule has 2 N–H and O–H groups in total. The minimum absolute atomic E-state index is 0.0494. The van der Waals surface area contributed by atoms with E-state index in [2.05, 4.69) is 53.6 Å². The number of nitrogens with one attached hydrogen (secondary N) is 2. The van der Waals surface area contributed by atoms with Gasteiger partial charge in [0.2, 0.25) is 11.8 Å². The second-order valence-corrected chi connectivity index (χ2v) is 10.6. The molecule has 0 aromatic heterocycles. The minimum atomic E-state index is -0.152. The van der Waals surface area contributed by atoms with Crippen molar-refractivity contribution in [1.29, 1.82) is 0 Å². The van der Waals surface area contributed by atoms with Gasteiger partial charge in [-0.15, -0.1) is 0 Å². The van der Waals surface area contributed by atoms with E-state index in [0.29, 0.717) is 42.5 Å². The van der Waals surface area contributed by atoms with E-state index in [1.54, 1.807) is 4.90 Å². The van der Waals surface area contributed by atoms with Crippen LogP contribution in [-0.2, 0) is 16.1 Å². The molecule has 192 valence electrons. The monoisotopic (exact) mass is 526 g/mol. The number of nitrogens with zero attached hydrogens (tertiary/aromatic N) is 2. The molecule has 3 atom stereocenters. The third-order valence-electron chi connectivity index (χ3n) is 7.26. The molecule has 1 saturated carbocycles. The molecule has 2 fully saturated rings. The van der Waals surface area contributed by atoms with Crippen LogP contribution in [0.1, 0.15) is 43.7 Å². The van der Waals surface area contributed by atoms with E-state index in [-0.39, 0.29) is 29.7 Å². The summed E-state index contributed by atoms with van der Waals surface area (Å²) in [4.78, 5) is 30.1. The second kappa shape index (κ2) is 12.1. The lowest BCUT2D eigenvalue weighted by Gasteiger charge is -2.43. The number of carbonyl (C=O) groups is 2. The van der Waals surface area contributed by atoms with Crippen LogP contribution in [0.4, 0.5) is 5.69 Å². The predicted molar refractivity (Wildman–Crippen MR) is 149 cm³/mol. The summed E-state index contributed by atoms with van der Waals surface area (Å²) in [5.74, 6) is -0.124. The van der Waals surface area contributed by atoms with Gasteiger partial charge < -0.3 is 15.5 Å². The highest BCUT2D eigenvalue weighted by Gasteiger charge is 2.44. The fraction of sp³-hybridized carbons (Fsp3) is 0.464. The average molecular weight is 527 g/mol. The van der Waals surface area contributed by atoms with Crippen molar-refractivity contribution in [3.05, 3.63) is 64.7 Å². The van der Waals surface area contributed by atoms with Crippen molar-refractivity contribution in [2.24, 2.45) is 11.8 Å². The maximum Gasteiger partial charge on any atom is 0.234 e. The highest BCUT2D eigenvalue weighted by atomic mass is 35.5. The van der Waals surface area contributed by atoms with Crippen molar-refractivity contribution in [3.8, 4) is 0 Å². The van der Waals surface area contributed by atoms with E-state index in [1.807, 2.05) is 24.3 Å². The van der Waals surface area contributed by atoms with Gasteiger partial charge in [0.1, 0.15) is 0 Å². The third kappa shape index (κ3) is 6.37. The summed E-state index contributed by atoms with van der Waals surface area (Å²) < 4.78 is 0. The summed E-state index contributed by atoms with van der Waals surface area (Å²) in [6.07, 6.45) is 2.91. The van der Waals surface area contributed by atoms with Crippen LogP contribution < -0.4 is 15.5 Å². The Morgan fingerprint density at radius 3 is 2.72 bits per heavy atom. The highest BCUT2D eigenvalue weighted by Crippen LogP contribution is 2.33. The first-order chi connectivity index (χ1) is 17.4. The lowest BCUT2D eigenvalue weighted by Crippen LogP contribution is -2.61. The van der Waals surface area contributed by atoms with Gasteiger partial charge in [-0.05, 0) is 87.1 Å². The van der Waals surface area contributed by atoms with Crippen LogP contribution in [0.15, 0.2) is 48.5 Å². The van der Waals surface area contributed by atoms with Gasteiger partial charge in [-0.1, -0.05) is 35.9 Å². The quantitative estimate of drug-likeness (QED) is 0.367. The third-order valence-corrected chi connectivity index (χ3v) is 7.86. The van der Waals surface area contributed by atoms with Crippen LogP contribution >= 0.6 is 23.8 Å². The number of hydrogen-bond acceptors (Lipinski definition) is 4. The van der Waals surface area contributed by atoms with Gasteiger partial charge in [-0.2, -0.15) is 0 Å². The Morgan fingerprint density at radius 1 is 1.22 bits per heavy atom. The Bertz CT molecular complexity index is 1090. The number of carbonyl (C=O) groups excluding carboxylic acids is 2. The minimum Gasteiger partial charge on any atom is -0.372 e. The number of fused-ring (bicyclic) bond motifs is 1. The Kier molecular flexibility index (Phi) is 8.86. The molecule has 1 heterocycles. The number of amides is 2. The van der Waals surface area contributed by atoms with Gasteiger partial charge in [0, 0.05) is 42.3 Å². The molecule has 2 aromatic carbocycles. The normalized spacial score (nSPS) is 21.5. The van der Waals surface area contributed by atoms with Gasteiger partial charge >= 0.3 is 0 Å². The lowest BCUT2D eigenvalue weighted by molar-refractivity contribution is -0.138. The first-order valence-electron chi connectivity index (χ1n) is 12.8. The van der Waals surface area contributed by atoms with Gasteiger partial charge in [-0.3, -0.25) is 14.5 Å². The summed E-state index contributed by atoms with van der Waals surface area (Å²) in [6.45, 7) is 7.14. The molecule has 2 amide bonds. The summed E-state index contributed by atoms with van der Waals surface area (Å²) in [7, 11) is 0. The Morgan fingerprint density at radius 2 is 2.00 bits per heavy atom. The predicted octanol–water partition coefficient (Wildman–Crippen LogP) is 4.68. The molecule has 1 aliphatic carbocycles. The van der Waals surface area contributed by atoms with Gasteiger partial charge in [-0.25, -0.2) is 0 Å². The van der Waals surface area contributed by atoms with E-state index in [1.165, 1.54) is 11.3 Å². The molecule has 2 aromatic rings. The molecular weight excluding hydrogens is 492 g/mol. The molecule has 2 aliphatic rings. The van der Waals surface area contributed by atoms with Gasteiger partial charge in [0.15, 0.2) is 5.11 Å². The first-order valence-corrected chi connectivity index (χ1v) is 13.6. The first kappa shape index (κ1) is 26.4. The maximum absolute atomic E-state index is 13.2. The number of aryl methyl sites for hydroxylation is 1. The number of hydrogen-bond donors (Lipinski definition) is 2. The summed E-state index contributed by atoms with van der Waals surface area (Å²) in [5, 5.41) is 7.58. The molecular formula is C28H35ClN4O2S. The fourth-order valence-corrected chi connectivity index (χ4v) is 5.67. The molecule has 8 heteroatoms. The van der Waals surface area contributed by atoms with Crippen LogP contribution in [0.25, 0.3) is 0 Å². The van der Waals surface area contributed by atoms with Crippen molar-refractivity contribution in [1.82, 2.24) is 15.5 Å². The molecule has 4 rings (SSSR count). The van der Waals surface area contributed by atoms with Crippen LogP contribution in [-0.4, -0.2) is 47.5 Å². The summed E-state index contributed by atoms with van der Waals surface area (Å²) >= 11 is 11.5. The van der Waals surface area contributed by atoms with Crippen molar-refractivity contribution in [3.63, 3.8) is 0 Å². The van der Waals surface area contributed by atoms with Gasteiger partial charge in [0.25, 0.3) is 0 Å². The maximum atomic E-state index is 13.2. The zero-order valence-electron chi connectivity index (χ0n) is 21.0. The van der Waals surface area contributed by atoms with Crippen molar-refractivity contribution in [2.45, 2.75) is 52.1 Å². The molecule has 36 heavy (non-hydrogen) atoms. The standard InChI is InChI=1S/C28H35ClN4O2S/c1-3-32(23-7-4-6-19(2)16-23)15-5-14-30-26(34)21-10-13-24-25(17-21)31-28(36)33(27(24)35)18-20-8-11-22(29)12-9-20/h4,6-9,11-12,16,21,24-25H,3,5,10,13-15,17-18H2,1-2H3,(H,30,34)(H,31,36). The topological polar surface area (TPSA) is 64.7 Å². The molecule has 1 saturated heterocycles. The van der Waals surface area contributed by atoms with E-state index in [0.717, 1.165) is 25.1 Å². The molecule has 3 unspecified atom stereocenters. The molecule has 1 aliphatic heterocycles. The SMILES string of the molecule is CCN(CCCNC(=O)C1CCC2C(=O)N(Cc3ccc(Cl)cc3)C(=S)NC2C1)c1cccc(C)c1. The van der Waals surface area contributed by atoms with Crippen LogP contribution in [0.2, 0.25) is 5.02 Å². The van der Waals surface area contributed by atoms with E-state index >= 15 is 0 Å². The second-order valence-electron chi connectivity index (χ2n) is 9.79. The van der Waals surface area contributed by atoms with E-state index in [4.69, 9.17) is 23.8 Å². The fourth-order valence-electron chi connectivity index (χ4n) is 5.24. The Hall–Kier alpha value is -2.64. The number of anilines is 1. The van der Waals surface area contributed by atoms with Crippen molar-refractivity contribution < 1.29 is 9.59 Å². The molecule has 0 radical (unpaired) electrons. The average Bonchev–Trinajstić information content (AvgIpc) is 2.87. The smallest absolute Gasteiger partial charge is 0.234 e. The Balaban J connectivity index is 1.25. The largest absolute Gasteiger partial charge is 0.372 e. The van der Waals surface area contributed by atoms with Crippen molar-refractivity contribution >= 4 is 46.4 Å². The zero-order chi connectivity index (χ0) is 25.7. The van der Waals surface area contributed by atoms with Crippen LogP contribution in [0.3, 0.4) is 0 Å². The number of thiocarbonyl (C=S) groups is 1. The highest BCUT2D eigenvalue weighted by molar-refractivity contribution is 7.80. The molecule has 6 nitrogen and oxygen atoms in total. The van der Waals surface area contributed by atoms with Crippen LogP contribution in [0, 0.1) is 18.8 Å². The lowest BCUT2D eigenvalue weighted by atomic mass is 9.76. The summed E-state index contributed by atoms with van der Waals surface area (Å²) in [5.41, 5.74) is 3.45. The molecule has 0 spiro atoms. The van der Waals surface area contributed by atoms with Gasteiger partial charge in [0.05, 0.1) is 12.5 Å². The number of rotatable bonds is 9. The molecule has 0 bridgehead atoms. The number of halogens is 1. The van der Waals surface area contributed by atoms with E-state index < -0.39 is 0 Å². The van der Waals surface area contributed by atoms with Crippen LogP contribution in [0.5, 0.6) is 0 Å². The number of benzene rings is 2. The zero-order valence-corrected chi connectivity index (χ0v) is 22.6. The van der Waals surface area contributed by atoms with Crippen molar-refractivity contribution in [2.75, 3.05) is 24.5 Å². The van der Waals surface area contributed by atoms with E-state index in [9.17, 15) is 9.59 Å². The Labute approximate surface area is 224 Å². The summed E-state index contributed by atoms with van der Waals surface area (Å²) in [6, 6.07) is 15.9.